The Balaban J connectivity index is 1.41. The number of hydrogen-bond donors (Lipinski definition) is 1. The average Bonchev–Trinajstić information content (AvgIpc) is 3.04. The summed E-state index contributed by atoms with van der Waals surface area (Å²) in [6.45, 7) is 4.23. The first-order valence-corrected chi connectivity index (χ1v) is 8.79. The minimum absolute atomic E-state index is 0.295. The highest BCUT2D eigenvalue weighted by Crippen LogP contribution is 2.17. The maximum atomic E-state index is 13.1. The van der Waals surface area contributed by atoms with Gasteiger partial charge in [-0.1, -0.05) is 0 Å². The van der Waals surface area contributed by atoms with E-state index < -0.39 is 0 Å². The van der Waals surface area contributed by atoms with E-state index in [1.54, 1.807) is 29.2 Å². The smallest absolute Gasteiger partial charge is 0.292 e. The van der Waals surface area contributed by atoms with Gasteiger partial charge in [0.05, 0.1) is 26.2 Å². The molecule has 26 heavy (non-hydrogen) atoms. The molecule has 1 aromatic carbocycles. The van der Waals surface area contributed by atoms with Crippen LogP contribution in [0.25, 0.3) is 11.5 Å². The van der Waals surface area contributed by atoms with Crippen molar-refractivity contribution in [2.75, 3.05) is 31.1 Å². The summed E-state index contributed by atoms with van der Waals surface area (Å²) in [7, 11) is 0. The Morgan fingerprint density at radius 3 is 2.50 bits per heavy atom. The number of aromatic nitrogens is 4. The van der Waals surface area contributed by atoms with Crippen LogP contribution < -0.4 is 9.80 Å². The number of nitrogens with one attached hydrogen (secondary N) is 1. The molecule has 0 radical (unpaired) electrons. The minimum Gasteiger partial charge on any atom is -0.409 e. The molecule has 0 unspecified atom stereocenters. The SMILES string of the molecule is Fc1ccc(-c2nn(C[NH+]3CCN(c4ncccn4)CC3)c(=S)o2)cc1. The van der Waals surface area contributed by atoms with E-state index in [2.05, 4.69) is 20.0 Å². The lowest BCUT2D eigenvalue weighted by molar-refractivity contribution is -0.924. The predicted octanol–water partition coefficient (Wildman–Crippen LogP) is 1.16. The van der Waals surface area contributed by atoms with Crippen LogP contribution in [0.1, 0.15) is 0 Å². The largest absolute Gasteiger partial charge is 0.409 e. The normalized spacial score (nSPS) is 15.3. The quantitative estimate of drug-likeness (QED) is 0.693. The summed E-state index contributed by atoms with van der Waals surface area (Å²) in [4.78, 5) is 12.5. The van der Waals surface area contributed by atoms with Gasteiger partial charge in [0.25, 0.3) is 4.84 Å². The fourth-order valence-electron chi connectivity index (χ4n) is 2.96. The molecule has 134 valence electrons. The molecule has 3 aromatic rings. The van der Waals surface area contributed by atoms with Crippen molar-refractivity contribution in [1.82, 2.24) is 19.7 Å². The topological polar surface area (TPSA) is 64.4 Å². The van der Waals surface area contributed by atoms with Crippen LogP contribution in [-0.4, -0.2) is 45.9 Å². The Morgan fingerprint density at radius 2 is 1.81 bits per heavy atom. The average molecular weight is 373 g/mol. The van der Waals surface area contributed by atoms with Gasteiger partial charge in [-0.15, -0.1) is 5.10 Å². The predicted molar refractivity (Wildman–Crippen MR) is 95.7 cm³/mol. The molecule has 0 aliphatic carbocycles. The van der Waals surface area contributed by atoms with Crippen molar-refractivity contribution in [3.8, 4) is 11.5 Å². The molecule has 1 fully saturated rings. The van der Waals surface area contributed by atoms with E-state index in [0.29, 0.717) is 23.0 Å². The van der Waals surface area contributed by atoms with Gasteiger partial charge in [0.15, 0.2) is 6.67 Å². The van der Waals surface area contributed by atoms with E-state index >= 15 is 0 Å². The Labute approximate surface area is 154 Å². The van der Waals surface area contributed by atoms with Crippen LogP contribution in [0.2, 0.25) is 0 Å². The van der Waals surface area contributed by atoms with E-state index in [4.69, 9.17) is 16.6 Å². The molecule has 0 saturated carbocycles. The van der Waals surface area contributed by atoms with Crippen molar-refractivity contribution in [2.24, 2.45) is 0 Å². The van der Waals surface area contributed by atoms with Gasteiger partial charge in [-0.25, -0.2) is 14.4 Å². The van der Waals surface area contributed by atoms with Gasteiger partial charge in [-0.05, 0) is 42.5 Å². The van der Waals surface area contributed by atoms with Crippen LogP contribution in [0.4, 0.5) is 10.3 Å². The number of quaternary nitrogens is 1. The summed E-state index contributed by atoms with van der Waals surface area (Å²) < 4.78 is 20.3. The van der Waals surface area contributed by atoms with Crippen LogP contribution in [-0.2, 0) is 6.67 Å². The zero-order chi connectivity index (χ0) is 17.9. The lowest BCUT2D eigenvalue weighted by Crippen LogP contribution is -3.14. The van der Waals surface area contributed by atoms with Crippen molar-refractivity contribution >= 4 is 18.2 Å². The van der Waals surface area contributed by atoms with Gasteiger partial charge in [-0.2, -0.15) is 4.68 Å². The molecule has 3 heterocycles. The Bertz CT molecular complexity index is 918. The molecule has 4 rings (SSSR count). The molecule has 1 aliphatic heterocycles. The van der Waals surface area contributed by atoms with Gasteiger partial charge >= 0.3 is 0 Å². The van der Waals surface area contributed by atoms with Gasteiger partial charge < -0.3 is 14.2 Å². The van der Waals surface area contributed by atoms with Crippen molar-refractivity contribution in [3.63, 3.8) is 0 Å². The lowest BCUT2D eigenvalue weighted by Gasteiger charge is -2.31. The number of anilines is 1. The van der Waals surface area contributed by atoms with Crippen molar-refractivity contribution in [3.05, 3.63) is 53.4 Å². The minimum atomic E-state index is -0.295. The van der Waals surface area contributed by atoms with Crippen molar-refractivity contribution in [1.29, 1.82) is 0 Å². The number of rotatable bonds is 4. The second-order valence-electron chi connectivity index (χ2n) is 6.12. The van der Waals surface area contributed by atoms with Crippen molar-refractivity contribution in [2.45, 2.75) is 6.67 Å². The number of nitrogens with zero attached hydrogens (tertiary/aromatic N) is 5. The Kier molecular flexibility index (Phi) is 4.72. The van der Waals surface area contributed by atoms with E-state index in [1.807, 2.05) is 6.07 Å². The molecule has 0 spiro atoms. The number of piperazine rings is 1. The van der Waals surface area contributed by atoms with Crippen LogP contribution in [0, 0.1) is 10.7 Å². The molecule has 1 N–H and O–H groups in total. The molecule has 0 atom stereocenters. The summed E-state index contributed by atoms with van der Waals surface area (Å²) in [6, 6.07) is 7.83. The number of halogens is 1. The molecule has 7 nitrogen and oxygen atoms in total. The van der Waals surface area contributed by atoms with E-state index in [1.165, 1.54) is 17.0 Å². The number of hydrogen-bond acceptors (Lipinski definition) is 6. The first kappa shape index (κ1) is 16.8. The third-order valence-corrected chi connectivity index (χ3v) is 4.67. The highest BCUT2D eigenvalue weighted by Gasteiger charge is 2.23. The molecule has 1 saturated heterocycles. The summed E-state index contributed by atoms with van der Waals surface area (Å²) in [5.41, 5.74) is 0.706. The second kappa shape index (κ2) is 7.30. The summed E-state index contributed by atoms with van der Waals surface area (Å²) in [6.07, 6.45) is 3.51. The molecular weight excluding hydrogens is 355 g/mol. The van der Waals surface area contributed by atoms with Crippen LogP contribution >= 0.6 is 12.2 Å². The lowest BCUT2D eigenvalue weighted by atomic mass is 10.2. The first-order valence-electron chi connectivity index (χ1n) is 8.38. The standard InChI is InChI=1S/C17H17FN6OS/c18-14-4-2-13(3-5-14)15-21-24(17(26)25-15)12-22-8-10-23(11-9-22)16-19-6-1-7-20-16/h1-7H,8-12H2/p+1. The molecular formula is C17H18FN6OS+. The molecule has 1 aliphatic rings. The molecule has 0 bridgehead atoms. The van der Waals surface area contributed by atoms with E-state index in [-0.39, 0.29) is 5.82 Å². The molecule has 9 heteroatoms. The third-order valence-electron chi connectivity index (χ3n) is 4.38. The zero-order valence-electron chi connectivity index (χ0n) is 14.0. The Hall–Kier alpha value is -2.65. The number of benzene rings is 1. The monoisotopic (exact) mass is 373 g/mol. The summed E-state index contributed by atoms with van der Waals surface area (Å²) in [5, 5.41) is 4.45. The summed E-state index contributed by atoms with van der Waals surface area (Å²) in [5.74, 6) is 0.880. The summed E-state index contributed by atoms with van der Waals surface area (Å²) >= 11 is 5.28. The fraction of sp³-hybridized carbons (Fsp3) is 0.294. The van der Waals surface area contributed by atoms with E-state index in [0.717, 1.165) is 32.1 Å². The molecule has 2 aromatic heterocycles. The first-order chi connectivity index (χ1) is 12.7. The van der Waals surface area contributed by atoms with Gasteiger partial charge in [0.2, 0.25) is 11.8 Å². The van der Waals surface area contributed by atoms with Gasteiger partial charge in [-0.3, -0.25) is 0 Å². The zero-order valence-corrected chi connectivity index (χ0v) is 14.8. The van der Waals surface area contributed by atoms with Crippen LogP contribution in [0.15, 0.2) is 47.1 Å². The Morgan fingerprint density at radius 1 is 1.12 bits per heavy atom. The van der Waals surface area contributed by atoms with Crippen LogP contribution in [0.5, 0.6) is 0 Å². The van der Waals surface area contributed by atoms with E-state index in [9.17, 15) is 4.39 Å². The highest BCUT2D eigenvalue weighted by atomic mass is 32.1. The van der Waals surface area contributed by atoms with Crippen LogP contribution in [0.3, 0.4) is 0 Å². The maximum Gasteiger partial charge on any atom is 0.292 e. The maximum absolute atomic E-state index is 13.1. The molecule has 0 amide bonds. The van der Waals surface area contributed by atoms with Crippen molar-refractivity contribution < 1.29 is 13.7 Å². The third kappa shape index (κ3) is 3.63. The fourth-order valence-corrected chi connectivity index (χ4v) is 3.15. The van der Waals surface area contributed by atoms with Gasteiger partial charge in [0.1, 0.15) is 5.82 Å². The van der Waals surface area contributed by atoms with Gasteiger partial charge in [0, 0.05) is 18.0 Å². The second-order valence-corrected chi connectivity index (χ2v) is 6.47. The highest BCUT2D eigenvalue weighted by molar-refractivity contribution is 7.71.